The van der Waals surface area contributed by atoms with E-state index in [1.165, 1.54) is 32.1 Å². The minimum Gasteiger partial charge on any atom is -0.318 e. The minimum atomic E-state index is 0.524. The van der Waals surface area contributed by atoms with E-state index >= 15 is 0 Å². The molecule has 1 fully saturated rings. The number of hydrogen-bond acceptors (Lipinski definition) is 5. The number of aryl methyl sites for hydroxylation is 1. The number of aromatic nitrogens is 1. The molecule has 0 bridgehead atoms. The van der Waals surface area contributed by atoms with Crippen molar-refractivity contribution in [3.05, 3.63) is 40.4 Å². The maximum atomic E-state index is 11.2. The average molecular weight is 353 g/mol. The van der Waals surface area contributed by atoms with Crippen LogP contribution in [-0.2, 0) is 0 Å². The second-order valence-corrected chi connectivity index (χ2v) is 7.84. The topological polar surface area (TPSA) is 57.0 Å². The summed E-state index contributed by atoms with van der Waals surface area (Å²) in [5.41, 5.74) is 2.21. The molecule has 2 aromatic rings. The van der Waals surface area contributed by atoms with Gasteiger partial charge in [-0.2, -0.15) is 5.26 Å². The Morgan fingerprint density at radius 2 is 2.00 bits per heavy atom. The van der Waals surface area contributed by atoms with Gasteiger partial charge in [-0.15, -0.1) is 11.3 Å². The maximum absolute atomic E-state index is 11.2. The van der Waals surface area contributed by atoms with Crippen molar-refractivity contribution in [2.75, 3.05) is 11.4 Å². The zero-order valence-electron chi connectivity index (χ0n) is 14.6. The van der Waals surface area contributed by atoms with Crippen LogP contribution in [0.25, 0.3) is 0 Å². The predicted octanol–water partition coefficient (Wildman–Crippen LogP) is 5.24. The van der Waals surface area contributed by atoms with Crippen LogP contribution in [0.1, 0.15) is 59.5 Å². The first kappa shape index (κ1) is 17.6. The number of rotatable bonds is 6. The monoisotopic (exact) mass is 353 g/mol. The molecule has 1 aliphatic rings. The van der Waals surface area contributed by atoms with Gasteiger partial charge in [-0.05, 0) is 43.5 Å². The molecule has 1 heterocycles. The van der Waals surface area contributed by atoms with Crippen molar-refractivity contribution in [3.8, 4) is 6.07 Å². The Balaban J connectivity index is 1.83. The van der Waals surface area contributed by atoms with Crippen molar-refractivity contribution in [2.45, 2.75) is 45.4 Å². The molecule has 4 nitrogen and oxygen atoms in total. The fraction of sp³-hybridized carbons (Fsp3) is 0.450. The second-order valence-electron chi connectivity index (χ2n) is 6.66. The highest BCUT2D eigenvalue weighted by molar-refractivity contribution is 7.15. The molecule has 0 spiro atoms. The largest absolute Gasteiger partial charge is 0.318 e. The Bertz CT molecular complexity index is 754. The van der Waals surface area contributed by atoms with Crippen LogP contribution >= 0.6 is 11.3 Å². The number of benzene rings is 1. The van der Waals surface area contributed by atoms with Gasteiger partial charge in [0, 0.05) is 17.1 Å². The van der Waals surface area contributed by atoms with Gasteiger partial charge in [-0.3, -0.25) is 4.79 Å². The SMILES string of the molecule is Cc1sc(N(CCC2CCCCC2)c2ccc(C#N)cc2)nc1C=O. The van der Waals surface area contributed by atoms with Crippen molar-refractivity contribution in [2.24, 2.45) is 5.92 Å². The van der Waals surface area contributed by atoms with Crippen molar-refractivity contribution < 1.29 is 4.79 Å². The third-order valence-electron chi connectivity index (χ3n) is 4.96. The van der Waals surface area contributed by atoms with E-state index in [1.807, 2.05) is 31.2 Å². The molecular weight excluding hydrogens is 330 g/mol. The number of hydrogen-bond donors (Lipinski definition) is 0. The van der Waals surface area contributed by atoms with Gasteiger partial charge in [0.2, 0.25) is 0 Å². The summed E-state index contributed by atoms with van der Waals surface area (Å²) in [7, 11) is 0. The Kier molecular flexibility index (Phi) is 5.83. The van der Waals surface area contributed by atoms with Gasteiger partial charge in [0.15, 0.2) is 11.4 Å². The Morgan fingerprint density at radius 1 is 1.28 bits per heavy atom. The normalized spacial score (nSPS) is 14.9. The number of carbonyl (C=O) groups excluding carboxylic acids is 1. The summed E-state index contributed by atoms with van der Waals surface area (Å²) in [6.45, 7) is 2.82. The van der Waals surface area contributed by atoms with E-state index in [0.717, 1.165) is 40.9 Å². The molecule has 130 valence electrons. The highest BCUT2D eigenvalue weighted by atomic mass is 32.1. The van der Waals surface area contributed by atoms with E-state index < -0.39 is 0 Å². The number of anilines is 2. The van der Waals surface area contributed by atoms with Crippen LogP contribution < -0.4 is 4.90 Å². The van der Waals surface area contributed by atoms with E-state index in [-0.39, 0.29) is 0 Å². The van der Waals surface area contributed by atoms with Crippen molar-refractivity contribution in [1.82, 2.24) is 4.98 Å². The second kappa shape index (κ2) is 8.26. The summed E-state index contributed by atoms with van der Waals surface area (Å²) in [4.78, 5) is 18.8. The molecule has 25 heavy (non-hydrogen) atoms. The smallest absolute Gasteiger partial charge is 0.190 e. The van der Waals surface area contributed by atoms with E-state index in [4.69, 9.17) is 5.26 Å². The number of carbonyl (C=O) groups is 1. The summed E-state index contributed by atoms with van der Waals surface area (Å²) in [5.74, 6) is 0.779. The van der Waals surface area contributed by atoms with Crippen LogP contribution in [0.15, 0.2) is 24.3 Å². The van der Waals surface area contributed by atoms with Gasteiger partial charge in [0.05, 0.1) is 11.6 Å². The van der Waals surface area contributed by atoms with Crippen LogP contribution in [0, 0.1) is 24.2 Å². The maximum Gasteiger partial charge on any atom is 0.190 e. The lowest BCUT2D eigenvalue weighted by Gasteiger charge is -2.27. The lowest BCUT2D eigenvalue weighted by atomic mass is 9.87. The van der Waals surface area contributed by atoms with E-state index in [0.29, 0.717) is 11.3 Å². The van der Waals surface area contributed by atoms with Crippen LogP contribution in [0.2, 0.25) is 0 Å². The van der Waals surface area contributed by atoms with Crippen LogP contribution in [0.5, 0.6) is 0 Å². The molecule has 1 saturated carbocycles. The van der Waals surface area contributed by atoms with Crippen LogP contribution in [0.3, 0.4) is 0 Å². The van der Waals surface area contributed by atoms with Crippen LogP contribution in [-0.4, -0.2) is 17.8 Å². The zero-order chi connectivity index (χ0) is 17.6. The number of aldehydes is 1. The third kappa shape index (κ3) is 4.26. The number of thiazole rings is 1. The quantitative estimate of drug-likeness (QED) is 0.666. The van der Waals surface area contributed by atoms with Gasteiger partial charge in [0.25, 0.3) is 0 Å². The molecule has 1 aromatic heterocycles. The minimum absolute atomic E-state index is 0.524. The Labute approximate surface area is 153 Å². The summed E-state index contributed by atoms with van der Waals surface area (Å²) in [6, 6.07) is 9.77. The van der Waals surface area contributed by atoms with Gasteiger partial charge in [0.1, 0.15) is 5.69 Å². The fourth-order valence-electron chi connectivity index (χ4n) is 3.46. The van der Waals surface area contributed by atoms with Gasteiger partial charge < -0.3 is 4.90 Å². The standard InChI is InChI=1S/C20H23N3OS/c1-15-19(14-24)22-20(25-15)23(12-11-16-5-3-2-4-6-16)18-9-7-17(13-21)8-10-18/h7-10,14,16H,2-6,11-12H2,1H3. The lowest BCUT2D eigenvalue weighted by Crippen LogP contribution is -2.21. The summed E-state index contributed by atoms with van der Waals surface area (Å²) in [5, 5.41) is 9.88. The van der Waals surface area contributed by atoms with Crippen LogP contribution in [0.4, 0.5) is 10.8 Å². The molecule has 3 rings (SSSR count). The first-order valence-electron chi connectivity index (χ1n) is 8.91. The fourth-order valence-corrected chi connectivity index (χ4v) is 4.38. The molecule has 1 aromatic carbocycles. The van der Waals surface area contributed by atoms with Crippen molar-refractivity contribution >= 4 is 28.4 Å². The zero-order valence-corrected chi connectivity index (χ0v) is 15.4. The molecule has 0 saturated heterocycles. The Morgan fingerprint density at radius 3 is 2.60 bits per heavy atom. The van der Waals surface area contributed by atoms with Crippen molar-refractivity contribution in [1.29, 1.82) is 5.26 Å². The van der Waals surface area contributed by atoms with Gasteiger partial charge in [-0.25, -0.2) is 4.98 Å². The van der Waals surface area contributed by atoms with E-state index in [9.17, 15) is 4.79 Å². The molecular formula is C20H23N3OS. The highest BCUT2D eigenvalue weighted by Gasteiger charge is 2.19. The first-order chi connectivity index (χ1) is 12.2. The number of nitrogens with zero attached hydrogens (tertiary/aromatic N) is 3. The highest BCUT2D eigenvalue weighted by Crippen LogP contribution is 2.33. The molecule has 0 unspecified atom stereocenters. The third-order valence-corrected chi connectivity index (χ3v) is 5.97. The number of nitriles is 1. The summed E-state index contributed by atoms with van der Waals surface area (Å²) < 4.78 is 0. The molecule has 0 aliphatic heterocycles. The lowest BCUT2D eigenvalue weighted by molar-refractivity contribution is 0.111. The molecule has 0 amide bonds. The first-order valence-corrected chi connectivity index (χ1v) is 9.73. The summed E-state index contributed by atoms with van der Waals surface area (Å²) in [6.07, 6.45) is 8.64. The predicted molar refractivity (Wildman–Crippen MR) is 102 cm³/mol. The van der Waals surface area contributed by atoms with E-state index in [1.54, 1.807) is 11.3 Å². The summed E-state index contributed by atoms with van der Waals surface area (Å²) >= 11 is 1.56. The van der Waals surface area contributed by atoms with Gasteiger partial charge >= 0.3 is 0 Å². The van der Waals surface area contributed by atoms with E-state index in [2.05, 4.69) is 16.0 Å². The van der Waals surface area contributed by atoms with Crippen molar-refractivity contribution in [3.63, 3.8) is 0 Å². The van der Waals surface area contributed by atoms with Gasteiger partial charge in [-0.1, -0.05) is 32.1 Å². The molecule has 0 atom stereocenters. The molecule has 5 heteroatoms. The molecule has 0 radical (unpaired) electrons. The average Bonchev–Trinajstić information content (AvgIpc) is 3.04. The molecule has 0 N–H and O–H groups in total. The molecule has 1 aliphatic carbocycles. The Hall–Kier alpha value is -2.19.